The van der Waals surface area contributed by atoms with Crippen molar-refractivity contribution in [2.45, 2.75) is 25.9 Å². The van der Waals surface area contributed by atoms with E-state index in [1.165, 1.54) is 30.5 Å². The number of fused-ring (bicyclic) bond motifs is 3. The van der Waals surface area contributed by atoms with Gasteiger partial charge in [-0.15, -0.1) is 5.10 Å². The summed E-state index contributed by atoms with van der Waals surface area (Å²) in [6.45, 7) is 1.61. The number of aromatic nitrogens is 5. The number of pyridine rings is 1. The largest absolute Gasteiger partial charge is 0.366 e. The van der Waals surface area contributed by atoms with Crippen molar-refractivity contribution in [3.63, 3.8) is 0 Å². The Bertz CT molecular complexity index is 2020. The van der Waals surface area contributed by atoms with Crippen LogP contribution < -0.4 is 11.1 Å². The second-order valence-corrected chi connectivity index (χ2v) is 10.0. The Kier molecular flexibility index (Phi) is 7.10. The van der Waals surface area contributed by atoms with Gasteiger partial charge in [0.15, 0.2) is 0 Å². The number of nitrogens with zero attached hydrogens (tertiary/aromatic N) is 5. The summed E-state index contributed by atoms with van der Waals surface area (Å²) in [6, 6.07) is 16.9. The first kappa shape index (κ1) is 27.6. The van der Waals surface area contributed by atoms with Crippen LogP contribution >= 0.6 is 0 Å². The number of rotatable bonds is 8. The Labute approximate surface area is 242 Å². The van der Waals surface area contributed by atoms with Crippen LogP contribution in [0.25, 0.3) is 27.9 Å². The Morgan fingerprint density at radius 2 is 1.70 bits per heavy atom. The van der Waals surface area contributed by atoms with E-state index in [2.05, 4.69) is 20.4 Å². The third-order valence-corrected chi connectivity index (χ3v) is 7.05. The van der Waals surface area contributed by atoms with Crippen LogP contribution in [0.4, 0.5) is 13.2 Å². The highest BCUT2D eigenvalue weighted by Gasteiger charge is 2.24. The fraction of sp³-hybridized carbons (Fsp3) is 0.129. The lowest BCUT2D eigenvalue weighted by atomic mass is 9.94. The predicted octanol–water partition coefficient (Wildman–Crippen LogP) is 4.67. The molecule has 2 amide bonds. The summed E-state index contributed by atoms with van der Waals surface area (Å²) in [5, 5.41) is 7.40. The molecule has 12 heteroatoms. The van der Waals surface area contributed by atoms with Gasteiger partial charge in [0.25, 0.3) is 5.91 Å². The molecule has 43 heavy (non-hydrogen) atoms. The molecule has 216 valence electrons. The number of benzene rings is 3. The molecule has 3 aromatic carbocycles. The Hall–Kier alpha value is -5.52. The Morgan fingerprint density at radius 3 is 2.44 bits per heavy atom. The molecule has 6 aromatic rings. The van der Waals surface area contributed by atoms with E-state index in [-0.39, 0.29) is 24.1 Å². The summed E-state index contributed by atoms with van der Waals surface area (Å²) in [6.07, 6.45) is 1.48. The number of amides is 2. The number of carbonyl (C=O) groups is 2. The maximum atomic E-state index is 14.3. The molecule has 0 spiro atoms. The zero-order valence-corrected chi connectivity index (χ0v) is 22.8. The lowest BCUT2D eigenvalue weighted by Crippen LogP contribution is -2.33. The topological polar surface area (TPSA) is 120 Å². The van der Waals surface area contributed by atoms with Crippen LogP contribution in [0.3, 0.4) is 0 Å². The average Bonchev–Trinajstić information content (AvgIpc) is 3.48. The third-order valence-electron chi connectivity index (χ3n) is 7.05. The van der Waals surface area contributed by atoms with Crippen molar-refractivity contribution >= 4 is 28.6 Å². The minimum absolute atomic E-state index is 0.0276. The molecule has 6 rings (SSSR count). The molecule has 0 fully saturated rings. The van der Waals surface area contributed by atoms with Gasteiger partial charge in [-0.2, -0.15) is 9.50 Å². The van der Waals surface area contributed by atoms with E-state index in [0.29, 0.717) is 28.4 Å². The maximum Gasteiger partial charge on any atom is 0.251 e. The van der Waals surface area contributed by atoms with Crippen LogP contribution in [-0.2, 0) is 17.8 Å². The lowest BCUT2D eigenvalue weighted by Gasteiger charge is -2.22. The standard InChI is InChI=1S/C31H24F3N7O2/c1-17-37-31-40(26-6-2-3-7-27(26)41(31)39-17)16-28(42)38-25(13-18-11-20(32)15-21(33)12-18)29-22(5-4-10-36-29)19-8-9-24(34)23(14-19)30(35)43/h2-12,14-15,25H,13,16H2,1H3,(H2,35,43)(H,38,42)/t25-/m0/s1. The molecule has 0 saturated carbocycles. The third kappa shape index (κ3) is 5.42. The molecule has 3 N–H and O–H groups in total. The smallest absolute Gasteiger partial charge is 0.251 e. The number of para-hydroxylation sites is 2. The normalized spacial score (nSPS) is 12.1. The number of nitrogens with one attached hydrogen (secondary N) is 1. The molecule has 9 nitrogen and oxygen atoms in total. The van der Waals surface area contributed by atoms with E-state index in [1.807, 2.05) is 24.3 Å². The van der Waals surface area contributed by atoms with Crippen molar-refractivity contribution in [3.05, 3.63) is 119 Å². The lowest BCUT2D eigenvalue weighted by molar-refractivity contribution is -0.122. The van der Waals surface area contributed by atoms with Gasteiger partial charge in [-0.25, -0.2) is 13.2 Å². The van der Waals surface area contributed by atoms with Crippen LogP contribution in [0.2, 0.25) is 0 Å². The van der Waals surface area contributed by atoms with Crippen LogP contribution in [0.1, 0.15) is 33.5 Å². The first-order valence-corrected chi connectivity index (χ1v) is 13.3. The van der Waals surface area contributed by atoms with E-state index < -0.39 is 35.3 Å². The first-order valence-electron chi connectivity index (χ1n) is 13.3. The first-order chi connectivity index (χ1) is 20.7. The van der Waals surface area contributed by atoms with Crippen LogP contribution in [0, 0.1) is 24.4 Å². The van der Waals surface area contributed by atoms with Gasteiger partial charge in [0.2, 0.25) is 11.7 Å². The average molecular weight is 584 g/mol. The van der Waals surface area contributed by atoms with Gasteiger partial charge in [0.05, 0.1) is 28.3 Å². The van der Waals surface area contributed by atoms with E-state index in [1.54, 1.807) is 28.1 Å². The quantitative estimate of drug-likeness (QED) is 0.270. The van der Waals surface area contributed by atoms with Gasteiger partial charge in [0.1, 0.15) is 29.8 Å². The molecule has 0 aliphatic heterocycles. The predicted molar refractivity (Wildman–Crippen MR) is 152 cm³/mol. The van der Waals surface area contributed by atoms with E-state index in [4.69, 9.17) is 5.73 Å². The van der Waals surface area contributed by atoms with Gasteiger partial charge in [-0.05, 0) is 66.9 Å². The second-order valence-electron chi connectivity index (χ2n) is 10.0. The number of halogens is 3. The van der Waals surface area contributed by atoms with Gasteiger partial charge >= 0.3 is 0 Å². The number of nitrogens with two attached hydrogens (primary N) is 1. The summed E-state index contributed by atoms with van der Waals surface area (Å²) >= 11 is 0. The van der Waals surface area contributed by atoms with Gasteiger partial charge in [0, 0.05) is 17.8 Å². The molecule has 0 saturated heterocycles. The minimum atomic E-state index is -0.945. The van der Waals surface area contributed by atoms with Gasteiger partial charge in [-0.1, -0.05) is 24.3 Å². The number of aryl methyl sites for hydroxylation is 1. The molecule has 3 aromatic heterocycles. The molecule has 0 bridgehead atoms. The summed E-state index contributed by atoms with van der Waals surface area (Å²) in [5.74, 6) is -2.69. The second kappa shape index (κ2) is 11.0. The fourth-order valence-electron chi connectivity index (χ4n) is 5.26. The van der Waals surface area contributed by atoms with Crippen molar-refractivity contribution in [1.29, 1.82) is 0 Å². The molecule has 0 aliphatic rings. The molecule has 1 atom stereocenters. The van der Waals surface area contributed by atoms with E-state index >= 15 is 0 Å². The highest BCUT2D eigenvalue weighted by Crippen LogP contribution is 2.30. The van der Waals surface area contributed by atoms with Crippen LogP contribution in [0.15, 0.2) is 79.0 Å². The monoisotopic (exact) mass is 583 g/mol. The number of hydrogen-bond donors (Lipinski definition) is 2. The Balaban J connectivity index is 1.41. The van der Waals surface area contributed by atoms with Crippen LogP contribution in [-0.4, -0.2) is 36.0 Å². The van der Waals surface area contributed by atoms with Crippen molar-refractivity contribution < 1.29 is 22.8 Å². The SMILES string of the molecule is Cc1nc2n(CC(=O)N[C@@H](Cc3cc(F)cc(F)c3)c3ncccc3-c3ccc(F)c(C(N)=O)c3)c3ccccc3n2n1. The summed E-state index contributed by atoms with van der Waals surface area (Å²) in [7, 11) is 0. The zero-order chi connectivity index (χ0) is 30.2. The zero-order valence-electron chi connectivity index (χ0n) is 22.8. The van der Waals surface area contributed by atoms with Crippen molar-refractivity contribution in [2.24, 2.45) is 5.73 Å². The highest BCUT2D eigenvalue weighted by molar-refractivity contribution is 5.94. The molecule has 0 radical (unpaired) electrons. The summed E-state index contributed by atoms with van der Waals surface area (Å²) < 4.78 is 46.0. The Morgan fingerprint density at radius 1 is 0.953 bits per heavy atom. The van der Waals surface area contributed by atoms with Crippen molar-refractivity contribution in [2.75, 3.05) is 0 Å². The number of carbonyl (C=O) groups excluding carboxylic acids is 2. The molecule has 3 heterocycles. The number of primary amides is 1. The molecular weight excluding hydrogens is 559 g/mol. The minimum Gasteiger partial charge on any atom is -0.366 e. The van der Waals surface area contributed by atoms with Gasteiger partial charge in [-0.3, -0.25) is 19.1 Å². The van der Waals surface area contributed by atoms with E-state index in [9.17, 15) is 22.8 Å². The maximum absolute atomic E-state index is 14.3. The summed E-state index contributed by atoms with van der Waals surface area (Å²) in [5.41, 5.74) is 8.05. The van der Waals surface area contributed by atoms with E-state index in [0.717, 1.165) is 23.2 Å². The molecule has 0 unspecified atom stereocenters. The molecular formula is C31H24F3N7O2. The molecule has 0 aliphatic carbocycles. The van der Waals surface area contributed by atoms with Gasteiger partial charge < -0.3 is 11.1 Å². The highest BCUT2D eigenvalue weighted by atomic mass is 19.1. The van der Waals surface area contributed by atoms with Crippen molar-refractivity contribution in [1.82, 2.24) is 29.5 Å². The summed E-state index contributed by atoms with van der Waals surface area (Å²) in [4.78, 5) is 34.5. The number of imidazole rings is 1. The van der Waals surface area contributed by atoms with Crippen molar-refractivity contribution in [3.8, 4) is 11.1 Å². The number of hydrogen-bond acceptors (Lipinski definition) is 5. The van der Waals surface area contributed by atoms with Crippen LogP contribution in [0.5, 0.6) is 0 Å². The fourth-order valence-corrected chi connectivity index (χ4v) is 5.26.